The number of aromatic nitrogens is 1. The summed E-state index contributed by atoms with van der Waals surface area (Å²) >= 11 is 0. The lowest BCUT2D eigenvalue weighted by atomic mass is 9.91. The van der Waals surface area contributed by atoms with Crippen LogP contribution in [0.4, 0.5) is 10.5 Å². The second-order valence-corrected chi connectivity index (χ2v) is 6.24. The molecule has 1 amide bonds. The van der Waals surface area contributed by atoms with Crippen LogP contribution in [-0.2, 0) is 24.2 Å². The molecule has 0 spiro atoms. The van der Waals surface area contributed by atoms with Crippen LogP contribution in [0.2, 0.25) is 0 Å². The Morgan fingerprint density at radius 1 is 1.24 bits per heavy atom. The van der Waals surface area contributed by atoms with Crippen LogP contribution < -0.4 is 5.32 Å². The van der Waals surface area contributed by atoms with Crippen molar-refractivity contribution in [1.29, 1.82) is 0 Å². The minimum absolute atomic E-state index is 0.560. The molecule has 1 aliphatic rings. The van der Waals surface area contributed by atoms with Crippen molar-refractivity contribution < 1.29 is 9.63 Å². The van der Waals surface area contributed by atoms with E-state index < -0.39 is 6.09 Å². The first kappa shape index (κ1) is 17.3. The Morgan fingerprint density at radius 2 is 2.00 bits per heavy atom. The van der Waals surface area contributed by atoms with Gasteiger partial charge in [-0.15, -0.1) is 0 Å². The fourth-order valence-corrected chi connectivity index (χ4v) is 3.71. The van der Waals surface area contributed by atoms with Gasteiger partial charge in [-0.1, -0.05) is 30.3 Å². The molecule has 0 fully saturated rings. The van der Waals surface area contributed by atoms with Gasteiger partial charge in [-0.25, -0.2) is 4.79 Å². The summed E-state index contributed by atoms with van der Waals surface area (Å²) in [6.45, 7) is 7.46. The number of hydrogen-bond acceptors (Lipinski definition) is 3. The van der Waals surface area contributed by atoms with Crippen molar-refractivity contribution in [2.24, 2.45) is 5.16 Å². The summed E-state index contributed by atoms with van der Waals surface area (Å²) in [5, 5.41) is 6.90. The molecule has 0 bridgehead atoms. The minimum atomic E-state index is -0.560. The number of para-hydroxylation sites is 1. The highest BCUT2D eigenvalue weighted by Crippen LogP contribution is 2.31. The van der Waals surface area contributed by atoms with Gasteiger partial charge in [0.05, 0.1) is 5.71 Å². The van der Waals surface area contributed by atoms with Gasteiger partial charge in [-0.05, 0) is 57.2 Å². The maximum absolute atomic E-state index is 12.0. The summed E-state index contributed by atoms with van der Waals surface area (Å²) in [5.41, 5.74) is 6.73. The first-order valence-electron chi connectivity index (χ1n) is 8.96. The minimum Gasteiger partial charge on any atom is -0.348 e. The third-order valence-electron chi connectivity index (χ3n) is 4.80. The molecule has 0 aliphatic heterocycles. The first-order chi connectivity index (χ1) is 12.2. The number of carbonyl (C=O) groups is 1. The van der Waals surface area contributed by atoms with Crippen LogP contribution in [0.5, 0.6) is 0 Å². The Hall–Kier alpha value is -2.56. The summed E-state index contributed by atoms with van der Waals surface area (Å²) in [6.07, 6.45) is 3.32. The van der Waals surface area contributed by atoms with E-state index in [0.29, 0.717) is 5.69 Å². The van der Waals surface area contributed by atoms with Crippen molar-refractivity contribution in [2.75, 3.05) is 5.32 Å². The molecule has 1 aromatic carbocycles. The maximum Gasteiger partial charge on any atom is 0.437 e. The number of amides is 1. The molecular weight excluding hydrogens is 314 g/mol. The quantitative estimate of drug-likeness (QED) is 0.650. The molecule has 1 heterocycles. The van der Waals surface area contributed by atoms with Gasteiger partial charge >= 0.3 is 6.09 Å². The Kier molecular flexibility index (Phi) is 5.22. The van der Waals surface area contributed by atoms with E-state index in [1.165, 1.54) is 22.5 Å². The third-order valence-corrected chi connectivity index (χ3v) is 4.80. The summed E-state index contributed by atoms with van der Waals surface area (Å²) in [4.78, 5) is 17.2. The predicted molar refractivity (Wildman–Crippen MR) is 100 cm³/mol. The van der Waals surface area contributed by atoms with Gasteiger partial charge in [0.15, 0.2) is 0 Å². The topological polar surface area (TPSA) is 55.6 Å². The predicted octanol–water partition coefficient (Wildman–Crippen LogP) is 4.67. The number of rotatable bonds is 4. The highest BCUT2D eigenvalue weighted by Gasteiger charge is 2.26. The molecule has 5 nitrogen and oxygen atoms in total. The molecule has 1 aliphatic carbocycles. The zero-order valence-electron chi connectivity index (χ0n) is 15.1. The molecular formula is C20H25N3O2. The molecule has 1 N–H and O–H groups in total. The smallest absolute Gasteiger partial charge is 0.348 e. The summed E-state index contributed by atoms with van der Waals surface area (Å²) < 4.78 is 2.37. The average molecular weight is 339 g/mol. The molecule has 2 aromatic rings. The maximum atomic E-state index is 12.0. The van der Waals surface area contributed by atoms with E-state index in [9.17, 15) is 4.79 Å². The van der Waals surface area contributed by atoms with Gasteiger partial charge < -0.3 is 4.57 Å². The normalized spacial score (nSPS) is 15.1. The Labute approximate surface area is 148 Å². The van der Waals surface area contributed by atoms with Crippen LogP contribution in [0.25, 0.3) is 0 Å². The van der Waals surface area contributed by atoms with Crippen molar-refractivity contribution in [1.82, 2.24) is 4.57 Å². The number of fused-ring (bicyclic) bond motifs is 1. The van der Waals surface area contributed by atoms with Gasteiger partial charge in [0.2, 0.25) is 0 Å². The van der Waals surface area contributed by atoms with E-state index in [1.807, 2.05) is 30.3 Å². The summed E-state index contributed by atoms with van der Waals surface area (Å²) in [5.74, 6) is 0. The number of hydrogen-bond donors (Lipinski definition) is 1. The fraction of sp³-hybridized carbons (Fsp3) is 0.400. The highest BCUT2D eigenvalue weighted by atomic mass is 16.7. The van der Waals surface area contributed by atoms with Crippen LogP contribution in [0.15, 0.2) is 35.5 Å². The van der Waals surface area contributed by atoms with Crippen LogP contribution >= 0.6 is 0 Å². The van der Waals surface area contributed by atoms with Gasteiger partial charge in [-0.3, -0.25) is 10.2 Å². The lowest BCUT2D eigenvalue weighted by Gasteiger charge is -2.17. The van der Waals surface area contributed by atoms with E-state index in [2.05, 4.69) is 35.8 Å². The first-order valence-corrected chi connectivity index (χ1v) is 8.96. The Balaban J connectivity index is 1.83. The second-order valence-electron chi connectivity index (χ2n) is 6.24. The number of carbonyl (C=O) groups excluding carboxylic acids is 1. The fourth-order valence-electron chi connectivity index (χ4n) is 3.71. The second kappa shape index (κ2) is 7.55. The molecule has 5 heteroatoms. The molecule has 1 aromatic heterocycles. The number of nitrogens with zero attached hydrogens (tertiary/aromatic N) is 2. The molecule has 0 atom stereocenters. The van der Waals surface area contributed by atoms with E-state index in [0.717, 1.165) is 37.9 Å². The lowest BCUT2D eigenvalue weighted by molar-refractivity contribution is 0.166. The largest absolute Gasteiger partial charge is 0.437 e. The number of benzene rings is 1. The average Bonchev–Trinajstić information content (AvgIpc) is 2.91. The van der Waals surface area contributed by atoms with Crippen molar-refractivity contribution in [2.45, 2.75) is 53.0 Å². The van der Waals surface area contributed by atoms with E-state index >= 15 is 0 Å². The molecule has 132 valence electrons. The molecule has 0 unspecified atom stereocenters. The van der Waals surface area contributed by atoms with Crippen molar-refractivity contribution in [3.63, 3.8) is 0 Å². The molecule has 0 radical (unpaired) electrons. The van der Waals surface area contributed by atoms with Crippen LogP contribution in [0.3, 0.4) is 0 Å². The van der Waals surface area contributed by atoms with Gasteiger partial charge in [-0.2, -0.15) is 0 Å². The summed E-state index contributed by atoms with van der Waals surface area (Å²) in [7, 11) is 0. The SMILES string of the molecule is CCc1c2c(n(CC)c1C)CCC/C2=N\OC(=O)Nc1ccccc1. The monoisotopic (exact) mass is 339 g/mol. The number of nitrogens with one attached hydrogen (secondary N) is 1. The van der Waals surface area contributed by atoms with Gasteiger partial charge in [0.25, 0.3) is 0 Å². The Morgan fingerprint density at radius 3 is 2.68 bits per heavy atom. The van der Waals surface area contributed by atoms with E-state index in [1.54, 1.807) is 0 Å². The highest BCUT2D eigenvalue weighted by molar-refractivity contribution is 6.04. The zero-order valence-corrected chi connectivity index (χ0v) is 15.1. The van der Waals surface area contributed by atoms with Crippen LogP contribution in [0.1, 0.15) is 49.2 Å². The third kappa shape index (κ3) is 3.45. The van der Waals surface area contributed by atoms with Crippen LogP contribution in [0, 0.1) is 6.92 Å². The molecule has 0 saturated heterocycles. The Bertz CT molecular complexity index is 791. The van der Waals surface area contributed by atoms with Crippen molar-refractivity contribution in [3.8, 4) is 0 Å². The van der Waals surface area contributed by atoms with Crippen molar-refractivity contribution >= 4 is 17.5 Å². The van der Waals surface area contributed by atoms with E-state index in [-0.39, 0.29) is 0 Å². The zero-order chi connectivity index (χ0) is 17.8. The molecule has 0 saturated carbocycles. The van der Waals surface area contributed by atoms with Crippen LogP contribution in [-0.4, -0.2) is 16.4 Å². The number of anilines is 1. The summed E-state index contributed by atoms with van der Waals surface area (Å²) in [6, 6.07) is 9.24. The van der Waals surface area contributed by atoms with Gasteiger partial charge in [0, 0.05) is 29.2 Å². The molecule has 25 heavy (non-hydrogen) atoms. The number of oxime groups is 1. The lowest BCUT2D eigenvalue weighted by Crippen LogP contribution is -2.17. The standard InChI is InChI=1S/C20H25N3O2/c1-4-16-14(3)23(5-2)18-13-9-12-17(19(16)18)22-25-20(24)21-15-10-7-6-8-11-15/h6-8,10-11H,4-5,9,12-13H2,1-3H3,(H,21,24)/b22-17+. The van der Waals surface area contributed by atoms with Gasteiger partial charge in [0.1, 0.15) is 0 Å². The van der Waals surface area contributed by atoms with E-state index in [4.69, 9.17) is 4.84 Å². The van der Waals surface area contributed by atoms with Crippen molar-refractivity contribution in [3.05, 3.63) is 52.8 Å². The molecule has 3 rings (SSSR count).